The maximum absolute atomic E-state index is 5.95. The summed E-state index contributed by atoms with van der Waals surface area (Å²) in [5.41, 5.74) is 4.92. The molecule has 1 aliphatic rings. The lowest BCUT2D eigenvalue weighted by molar-refractivity contribution is 0.306. The molecule has 3 rings (SSSR count). The third-order valence-electron chi connectivity index (χ3n) is 4.11. The molecule has 0 saturated heterocycles. The summed E-state index contributed by atoms with van der Waals surface area (Å²) in [6.07, 6.45) is 1.16. The van der Waals surface area contributed by atoms with Crippen molar-refractivity contribution in [1.82, 2.24) is 4.90 Å². The highest BCUT2D eigenvalue weighted by Gasteiger charge is 2.17. The zero-order valence-electron chi connectivity index (χ0n) is 14.0. The van der Waals surface area contributed by atoms with Crippen molar-refractivity contribution in [3.63, 3.8) is 0 Å². The van der Waals surface area contributed by atoms with Crippen molar-refractivity contribution in [2.45, 2.75) is 26.5 Å². The number of aliphatic imine (C=N–C) groups is 1. The van der Waals surface area contributed by atoms with Crippen molar-refractivity contribution in [3.05, 3.63) is 65.2 Å². The molecule has 0 bridgehead atoms. The van der Waals surface area contributed by atoms with Crippen molar-refractivity contribution in [3.8, 4) is 5.75 Å². The number of benzene rings is 2. The Balaban J connectivity index is 1.68. The predicted molar refractivity (Wildman–Crippen MR) is 95.2 cm³/mol. The lowest BCUT2D eigenvalue weighted by Crippen LogP contribution is -2.26. The Labute approximate surface area is 138 Å². The molecule has 0 N–H and O–H groups in total. The first-order valence-electron chi connectivity index (χ1n) is 8.28. The molecule has 2 aromatic rings. The molecule has 0 saturated carbocycles. The Kier molecular flexibility index (Phi) is 5.09. The minimum Gasteiger partial charge on any atom is -0.489 e. The van der Waals surface area contributed by atoms with Gasteiger partial charge in [-0.1, -0.05) is 43.3 Å². The highest BCUT2D eigenvalue weighted by molar-refractivity contribution is 6.05. The minimum atomic E-state index is 0.599. The largest absolute Gasteiger partial charge is 0.489 e. The van der Waals surface area contributed by atoms with Gasteiger partial charge in [-0.25, -0.2) is 0 Å². The summed E-state index contributed by atoms with van der Waals surface area (Å²) in [7, 11) is 2.15. The number of ether oxygens (including phenoxy) is 1. The molecule has 0 spiro atoms. The molecule has 0 fully saturated rings. The summed E-state index contributed by atoms with van der Waals surface area (Å²) < 4.78 is 5.95. The maximum Gasteiger partial charge on any atom is 0.120 e. The molecule has 0 atom stereocenters. The summed E-state index contributed by atoms with van der Waals surface area (Å²) in [5.74, 6) is 0.917. The Bertz CT molecular complexity index is 679. The van der Waals surface area contributed by atoms with Crippen molar-refractivity contribution in [2.75, 3.05) is 20.1 Å². The van der Waals surface area contributed by atoms with Crippen molar-refractivity contribution < 1.29 is 4.74 Å². The van der Waals surface area contributed by atoms with Crippen molar-refractivity contribution in [2.24, 2.45) is 4.99 Å². The first kappa shape index (κ1) is 15.8. The van der Waals surface area contributed by atoms with Crippen LogP contribution >= 0.6 is 0 Å². The van der Waals surface area contributed by atoms with Crippen LogP contribution in [0.15, 0.2) is 53.5 Å². The summed E-state index contributed by atoms with van der Waals surface area (Å²) >= 11 is 0. The predicted octanol–water partition coefficient (Wildman–Crippen LogP) is 3.91. The van der Waals surface area contributed by atoms with E-state index >= 15 is 0 Å². The SMILES string of the molecule is CCCN(C)CC1=NCc2ccc(OCc3ccccc3)cc21. The second-order valence-electron chi connectivity index (χ2n) is 6.09. The maximum atomic E-state index is 5.95. The van der Waals surface area contributed by atoms with Crippen LogP contribution in [-0.2, 0) is 13.2 Å². The molecule has 3 heteroatoms. The summed E-state index contributed by atoms with van der Waals surface area (Å²) in [4.78, 5) is 7.03. The van der Waals surface area contributed by atoms with Gasteiger partial charge in [0.25, 0.3) is 0 Å². The van der Waals surface area contributed by atoms with E-state index in [4.69, 9.17) is 9.73 Å². The molecule has 1 heterocycles. The number of likely N-dealkylation sites (N-methyl/N-ethyl adjacent to an activating group) is 1. The minimum absolute atomic E-state index is 0.599. The van der Waals surface area contributed by atoms with E-state index in [-0.39, 0.29) is 0 Å². The van der Waals surface area contributed by atoms with Crippen LogP contribution in [0.4, 0.5) is 0 Å². The summed E-state index contributed by atoms with van der Waals surface area (Å²) in [5, 5.41) is 0. The van der Waals surface area contributed by atoms with Gasteiger partial charge in [0.15, 0.2) is 0 Å². The summed E-state index contributed by atoms with van der Waals surface area (Å²) in [6.45, 7) is 5.60. The first-order valence-corrected chi connectivity index (χ1v) is 8.28. The van der Waals surface area contributed by atoms with Gasteiger partial charge < -0.3 is 9.64 Å². The van der Waals surface area contributed by atoms with Gasteiger partial charge in [0.05, 0.1) is 12.3 Å². The van der Waals surface area contributed by atoms with Gasteiger partial charge in [0.2, 0.25) is 0 Å². The third-order valence-corrected chi connectivity index (χ3v) is 4.11. The molecule has 0 amide bonds. The van der Waals surface area contributed by atoms with Gasteiger partial charge >= 0.3 is 0 Å². The molecule has 0 aliphatic carbocycles. The molecule has 1 aliphatic heterocycles. The third kappa shape index (κ3) is 3.99. The van der Waals surface area contributed by atoms with Crippen LogP contribution in [0.5, 0.6) is 5.75 Å². The molecular formula is C20H24N2O. The van der Waals surface area contributed by atoms with E-state index in [1.807, 2.05) is 18.2 Å². The second kappa shape index (κ2) is 7.42. The van der Waals surface area contributed by atoms with E-state index in [1.54, 1.807) is 0 Å². The molecule has 0 radical (unpaired) electrons. The normalized spacial score (nSPS) is 13.1. The van der Waals surface area contributed by atoms with E-state index in [0.29, 0.717) is 6.61 Å². The van der Waals surface area contributed by atoms with Crippen LogP contribution in [0, 0.1) is 0 Å². The Morgan fingerprint density at radius 3 is 2.74 bits per heavy atom. The van der Waals surface area contributed by atoms with E-state index in [9.17, 15) is 0 Å². The zero-order valence-corrected chi connectivity index (χ0v) is 14.0. The lowest BCUT2D eigenvalue weighted by atomic mass is 10.1. The van der Waals surface area contributed by atoms with Crippen LogP contribution in [0.1, 0.15) is 30.0 Å². The van der Waals surface area contributed by atoms with E-state index < -0.39 is 0 Å². The molecule has 0 unspecified atom stereocenters. The van der Waals surface area contributed by atoms with Crippen LogP contribution in [0.2, 0.25) is 0 Å². The fraction of sp³-hybridized carbons (Fsp3) is 0.350. The second-order valence-corrected chi connectivity index (χ2v) is 6.09. The number of rotatable bonds is 7. The quantitative estimate of drug-likeness (QED) is 0.774. The van der Waals surface area contributed by atoms with Crippen LogP contribution in [0.25, 0.3) is 0 Å². The average Bonchev–Trinajstić information content (AvgIpc) is 2.96. The van der Waals surface area contributed by atoms with Gasteiger partial charge in [-0.2, -0.15) is 0 Å². The number of fused-ring (bicyclic) bond motifs is 1. The van der Waals surface area contributed by atoms with Gasteiger partial charge in [0, 0.05) is 12.1 Å². The van der Waals surface area contributed by atoms with Crippen molar-refractivity contribution in [1.29, 1.82) is 0 Å². The van der Waals surface area contributed by atoms with Crippen LogP contribution in [0.3, 0.4) is 0 Å². The Morgan fingerprint density at radius 1 is 1.13 bits per heavy atom. The van der Waals surface area contributed by atoms with E-state index in [2.05, 4.69) is 49.2 Å². The lowest BCUT2D eigenvalue weighted by Gasteiger charge is -2.16. The molecule has 120 valence electrons. The highest BCUT2D eigenvalue weighted by Crippen LogP contribution is 2.25. The smallest absolute Gasteiger partial charge is 0.120 e. The Morgan fingerprint density at radius 2 is 1.96 bits per heavy atom. The Hall–Kier alpha value is -2.13. The van der Waals surface area contributed by atoms with Crippen molar-refractivity contribution >= 4 is 5.71 Å². The summed E-state index contributed by atoms with van der Waals surface area (Å²) in [6, 6.07) is 16.6. The van der Waals surface area contributed by atoms with Gasteiger partial charge in [-0.3, -0.25) is 4.99 Å². The fourth-order valence-corrected chi connectivity index (χ4v) is 2.91. The van der Waals surface area contributed by atoms with Crippen LogP contribution < -0.4 is 4.74 Å². The molecule has 0 aromatic heterocycles. The average molecular weight is 308 g/mol. The molecule has 2 aromatic carbocycles. The molecular weight excluding hydrogens is 284 g/mol. The van der Waals surface area contributed by atoms with Gasteiger partial charge in [-0.05, 0) is 43.3 Å². The zero-order chi connectivity index (χ0) is 16.1. The topological polar surface area (TPSA) is 24.8 Å². The van der Waals surface area contributed by atoms with Crippen LogP contribution in [-0.4, -0.2) is 30.7 Å². The highest BCUT2D eigenvalue weighted by atomic mass is 16.5. The van der Waals surface area contributed by atoms with E-state index in [0.717, 1.165) is 31.8 Å². The van der Waals surface area contributed by atoms with Gasteiger partial charge in [-0.15, -0.1) is 0 Å². The number of nitrogens with zero attached hydrogens (tertiary/aromatic N) is 2. The van der Waals surface area contributed by atoms with Gasteiger partial charge in [0.1, 0.15) is 12.4 Å². The fourth-order valence-electron chi connectivity index (χ4n) is 2.91. The molecule has 23 heavy (non-hydrogen) atoms. The van der Waals surface area contributed by atoms with E-state index in [1.165, 1.54) is 22.4 Å². The number of hydrogen-bond acceptors (Lipinski definition) is 3. The number of hydrogen-bond donors (Lipinski definition) is 0. The standard InChI is InChI=1S/C20H24N2O/c1-3-11-22(2)14-20-19-12-18(10-9-17(19)13-21-20)23-15-16-7-5-4-6-8-16/h4-10,12H,3,11,13-15H2,1-2H3. The molecule has 3 nitrogen and oxygen atoms in total. The monoisotopic (exact) mass is 308 g/mol. The first-order chi connectivity index (χ1) is 11.3.